The lowest BCUT2D eigenvalue weighted by Gasteiger charge is -2.15. The van der Waals surface area contributed by atoms with E-state index in [1.165, 1.54) is 4.52 Å². The number of aromatic nitrogens is 3. The molecule has 0 spiro atoms. The minimum absolute atomic E-state index is 0.298. The highest BCUT2D eigenvalue weighted by atomic mass is 79.9. The Bertz CT molecular complexity index is 972. The van der Waals surface area contributed by atoms with Gasteiger partial charge in [0.25, 0.3) is 11.8 Å². The first-order valence-electron chi connectivity index (χ1n) is 7.78. The van der Waals surface area contributed by atoms with Crippen molar-refractivity contribution in [2.75, 3.05) is 0 Å². The van der Waals surface area contributed by atoms with Crippen LogP contribution in [0.25, 0.3) is 5.65 Å². The number of hydrogen-bond donors (Lipinski definition) is 2. The van der Waals surface area contributed by atoms with E-state index >= 15 is 0 Å². The second kappa shape index (κ2) is 7.52. The zero-order chi connectivity index (χ0) is 18.7. The number of rotatable bonds is 4. The average molecular weight is 418 g/mol. The summed E-state index contributed by atoms with van der Waals surface area (Å²) < 4.78 is 7.90. The molecule has 2 N–H and O–H groups in total. The first-order chi connectivity index (χ1) is 12.5. The van der Waals surface area contributed by atoms with E-state index in [2.05, 4.69) is 36.9 Å². The van der Waals surface area contributed by atoms with Crippen LogP contribution in [0.2, 0.25) is 0 Å². The Labute approximate surface area is 157 Å². The molecule has 26 heavy (non-hydrogen) atoms. The van der Waals surface area contributed by atoms with Gasteiger partial charge in [-0.3, -0.25) is 20.4 Å². The van der Waals surface area contributed by atoms with Crippen LogP contribution in [0.4, 0.5) is 0 Å². The van der Waals surface area contributed by atoms with Gasteiger partial charge < -0.3 is 4.74 Å². The highest BCUT2D eigenvalue weighted by Crippen LogP contribution is 2.18. The predicted molar refractivity (Wildman–Crippen MR) is 97.6 cm³/mol. The third-order valence-corrected chi connectivity index (χ3v) is 4.07. The summed E-state index contributed by atoms with van der Waals surface area (Å²) in [6.45, 7) is 3.29. The number of hydrazine groups is 1. The number of fused-ring (bicyclic) bond motifs is 1. The van der Waals surface area contributed by atoms with Crippen LogP contribution < -0.4 is 15.6 Å². The van der Waals surface area contributed by atoms with Crippen molar-refractivity contribution in [3.63, 3.8) is 0 Å². The molecule has 8 nitrogen and oxygen atoms in total. The Hall–Kier alpha value is -2.94. The van der Waals surface area contributed by atoms with Crippen molar-refractivity contribution in [1.29, 1.82) is 0 Å². The number of ether oxygens (including phenoxy) is 1. The van der Waals surface area contributed by atoms with Crippen molar-refractivity contribution >= 4 is 33.4 Å². The molecule has 0 aliphatic rings. The molecule has 2 amide bonds. The van der Waals surface area contributed by atoms with Crippen molar-refractivity contribution in [3.05, 3.63) is 58.5 Å². The van der Waals surface area contributed by atoms with E-state index < -0.39 is 17.9 Å². The Morgan fingerprint density at radius 1 is 1.27 bits per heavy atom. The van der Waals surface area contributed by atoms with Crippen LogP contribution >= 0.6 is 15.9 Å². The lowest BCUT2D eigenvalue weighted by Crippen LogP contribution is -2.47. The molecular formula is C17H16BrN5O3. The molecule has 0 aliphatic heterocycles. The van der Waals surface area contributed by atoms with E-state index in [1.54, 1.807) is 50.5 Å². The van der Waals surface area contributed by atoms with Gasteiger partial charge in [-0.05, 0) is 38.1 Å². The number of nitrogens with zero attached hydrogens (tertiary/aromatic N) is 3. The zero-order valence-corrected chi connectivity index (χ0v) is 15.6. The molecule has 0 saturated heterocycles. The van der Waals surface area contributed by atoms with Gasteiger partial charge in [0, 0.05) is 16.9 Å². The van der Waals surface area contributed by atoms with Crippen molar-refractivity contribution in [3.8, 4) is 5.75 Å². The number of amides is 2. The van der Waals surface area contributed by atoms with Crippen LogP contribution in [-0.2, 0) is 4.79 Å². The lowest BCUT2D eigenvalue weighted by atomic mass is 10.2. The Morgan fingerprint density at radius 3 is 2.85 bits per heavy atom. The molecule has 9 heteroatoms. The van der Waals surface area contributed by atoms with E-state index in [0.29, 0.717) is 22.7 Å². The molecule has 0 aliphatic carbocycles. The summed E-state index contributed by atoms with van der Waals surface area (Å²) in [5.41, 5.74) is 5.95. The van der Waals surface area contributed by atoms with Gasteiger partial charge in [0.1, 0.15) is 11.3 Å². The number of benzene rings is 1. The van der Waals surface area contributed by atoms with Gasteiger partial charge in [-0.25, -0.2) is 9.50 Å². The number of carbonyl (C=O) groups is 2. The van der Waals surface area contributed by atoms with E-state index in [9.17, 15) is 9.59 Å². The van der Waals surface area contributed by atoms with Crippen molar-refractivity contribution in [2.24, 2.45) is 0 Å². The fourth-order valence-corrected chi connectivity index (χ4v) is 2.72. The SMILES string of the molecule is Cc1nn2cccnc2c1C(=O)NNC(=O)C(C)Oc1cccc(Br)c1. The van der Waals surface area contributed by atoms with Crippen LogP contribution in [0.5, 0.6) is 5.75 Å². The predicted octanol–water partition coefficient (Wildman–Crippen LogP) is 2.03. The van der Waals surface area contributed by atoms with Crippen molar-refractivity contribution in [2.45, 2.75) is 20.0 Å². The first kappa shape index (κ1) is 17.9. The molecule has 1 unspecified atom stereocenters. The summed E-state index contributed by atoms with van der Waals surface area (Å²) in [7, 11) is 0. The number of halogens is 1. The molecule has 2 heterocycles. The smallest absolute Gasteiger partial charge is 0.279 e. The third kappa shape index (κ3) is 3.83. The van der Waals surface area contributed by atoms with Gasteiger partial charge in [-0.15, -0.1) is 0 Å². The fourth-order valence-electron chi connectivity index (χ4n) is 2.34. The molecule has 0 bridgehead atoms. The average Bonchev–Trinajstić information content (AvgIpc) is 2.95. The third-order valence-electron chi connectivity index (χ3n) is 3.57. The number of aryl methyl sites for hydroxylation is 1. The number of nitrogens with one attached hydrogen (secondary N) is 2. The first-order valence-corrected chi connectivity index (χ1v) is 8.57. The zero-order valence-electron chi connectivity index (χ0n) is 14.1. The largest absolute Gasteiger partial charge is 0.481 e. The van der Waals surface area contributed by atoms with E-state index in [1.807, 2.05) is 6.07 Å². The van der Waals surface area contributed by atoms with Gasteiger partial charge >= 0.3 is 0 Å². The second-order valence-corrected chi connectivity index (χ2v) is 6.42. The second-order valence-electron chi connectivity index (χ2n) is 5.51. The Kier molecular flexibility index (Phi) is 5.17. The standard InChI is InChI=1S/C17H16BrN5O3/c1-10-14(15-19-7-4-8-23(15)22-10)17(25)21-20-16(24)11(2)26-13-6-3-5-12(18)9-13/h3-9,11H,1-2H3,(H,20,24)(H,21,25). The van der Waals surface area contributed by atoms with Crippen molar-refractivity contribution < 1.29 is 14.3 Å². The minimum Gasteiger partial charge on any atom is -0.481 e. The van der Waals surface area contributed by atoms with E-state index in [4.69, 9.17) is 4.74 Å². The van der Waals surface area contributed by atoms with Gasteiger partial charge in [0.15, 0.2) is 11.8 Å². The van der Waals surface area contributed by atoms with Gasteiger partial charge in [0.05, 0.1) is 5.69 Å². The quantitative estimate of drug-likeness (QED) is 0.632. The molecule has 0 fully saturated rings. The van der Waals surface area contributed by atoms with Crippen LogP contribution in [0.1, 0.15) is 23.0 Å². The molecule has 1 aromatic carbocycles. The highest BCUT2D eigenvalue weighted by Gasteiger charge is 2.20. The summed E-state index contributed by atoms with van der Waals surface area (Å²) in [5.74, 6) is -0.448. The summed E-state index contributed by atoms with van der Waals surface area (Å²) in [6.07, 6.45) is 2.46. The molecule has 1 atom stereocenters. The normalized spacial score (nSPS) is 11.8. The van der Waals surface area contributed by atoms with Crippen LogP contribution in [0.3, 0.4) is 0 Å². The van der Waals surface area contributed by atoms with Crippen LogP contribution in [-0.4, -0.2) is 32.5 Å². The molecule has 0 saturated carbocycles. The van der Waals surface area contributed by atoms with Gasteiger partial charge in [0.2, 0.25) is 0 Å². The molecule has 3 aromatic rings. The summed E-state index contributed by atoms with van der Waals surface area (Å²) in [4.78, 5) is 28.7. The van der Waals surface area contributed by atoms with E-state index in [-0.39, 0.29) is 0 Å². The number of hydrogen-bond acceptors (Lipinski definition) is 5. The molecule has 134 valence electrons. The molecule has 3 rings (SSSR count). The molecule has 0 radical (unpaired) electrons. The monoisotopic (exact) mass is 417 g/mol. The van der Waals surface area contributed by atoms with Crippen LogP contribution in [0, 0.1) is 6.92 Å². The van der Waals surface area contributed by atoms with Crippen LogP contribution in [0.15, 0.2) is 47.2 Å². The topological polar surface area (TPSA) is 97.6 Å². The maximum atomic E-state index is 12.4. The summed E-state index contributed by atoms with van der Waals surface area (Å²) in [5, 5.41) is 4.21. The summed E-state index contributed by atoms with van der Waals surface area (Å²) >= 11 is 3.34. The minimum atomic E-state index is -0.798. The van der Waals surface area contributed by atoms with Gasteiger partial charge in [-0.1, -0.05) is 22.0 Å². The number of carbonyl (C=O) groups excluding carboxylic acids is 2. The fraction of sp³-hybridized carbons (Fsp3) is 0.176. The maximum Gasteiger partial charge on any atom is 0.279 e. The lowest BCUT2D eigenvalue weighted by molar-refractivity contribution is -0.128. The summed E-state index contributed by atoms with van der Waals surface area (Å²) in [6, 6.07) is 8.85. The molecular weight excluding hydrogens is 402 g/mol. The van der Waals surface area contributed by atoms with Crippen molar-refractivity contribution in [1.82, 2.24) is 25.4 Å². The maximum absolute atomic E-state index is 12.4. The Morgan fingerprint density at radius 2 is 2.08 bits per heavy atom. The van der Waals surface area contributed by atoms with Gasteiger partial charge in [-0.2, -0.15) is 5.10 Å². The van der Waals surface area contributed by atoms with E-state index in [0.717, 1.165) is 4.47 Å². The molecule has 2 aromatic heterocycles. The highest BCUT2D eigenvalue weighted by molar-refractivity contribution is 9.10. The Balaban J connectivity index is 1.63.